The fourth-order valence-corrected chi connectivity index (χ4v) is 1.25. The van der Waals surface area contributed by atoms with E-state index in [0.29, 0.717) is 32.5 Å². The van der Waals surface area contributed by atoms with Gasteiger partial charge in [-0.05, 0) is 6.42 Å². The fourth-order valence-electron chi connectivity index (χ4n) is 1.25. The molecule has 0 rings (SSSR count). The monoisotopic (exact) mass is 246 g/mol. The van der Waals surface area contributed by atoms with E-state index in [2.05, 4.69) is 5.32 Å². The predicted molar refractivity (Wildman–Crippen MR) is 63.6 cm³/mol. The van der Waals surface area contributed by atoms with Crippen LogP contribution in [0, 0.1) is 0 Å². The first-order valence-electron chi connectivity index (χ1n) is 5.72. The number of methoxy groups -OCH3 is 1. The van der Waals surface area contributed by atoms with Crippen molar-refractivity contribution in [3.05, 3.63) is 0 Å². The predicted octanol–water partition coefficient (Wildman–Crippen LogP) is -0.539. The number of amides is 1. The van der Waals surface area contributed by atoms with Gasteiger partial charge in [-0.25, -0.2) is 0 Å². The van der Waals surface area contributed by atoms with E-state index in [0.717, 1.165) is 0 Å². The lowest BCUT2D eigenvalue weighted by Gasteiger charge is -2.19. The van der Waals surface area contributed by atoms with Gasteiger partial charge < -0.3 is 25.3 Å². The minimum Gasteiger partial charge on any atom is -0.382 e. The molecule has 0 radical (unpaired) electrons. The van der Waals surface area contributed by atoms with E-state index < -0.39 is 6.04 Å². The number of carbonyl (C=O) groups excluding carboxylic acids is 2. The van der Waals surface area contributed by atoms with Crippen molar-refractivity contribution in [1.29, 1.82) is 0 Å². The first kappa shape index (κ1) is 16.0. The molecule has 0 bridgehead atoms. The summed E-state index contributed by atoms with van der Waals surface area (Å²) in [6.07, 6.45) is 1.52. The van der Waals surface area contributed by atoms with Crippen LogP contribution in [0.25, 0.3) is 0 Å². The number of carbonyl (C=O) groups is 2. The van der Waals surface area contributed by atoms with Crippen LogP contribution in [0.4, 0.5) is 0 Å². The highest BCUT2D eigenvalue weighted by Crippen LogP contribution is 1.95. The van der Waals surface area contributed by atoms with E-state index in [1.54, 1.807) is 7.11 Å². The summed E-state index contributed by atoms with van der Waals surface area (Å²) in [6.45, 7) is 3.18. The van der Waals surface area contributed by atoms with Crippen LogP contribution in [0.1, 0.15) is 19.8 Å². The molecule has 0 aliphatic rings. The molecule has 6 heteroatoms. The smallest absolute Gasteiger partial charge is 0.222 e. The molecule has 0 aromatic heterocycles. The number of nitrogens with two attached hydrogens (primary N) is 1. The molecule has 0 heterocycles. The summed E-state index contributed by atoms with van der Waals surface area (Å²) < 4.78 is 9.96. The van der Waals surface area contributed by atoms with Gasteiger partial charge >= 0.3 is 0 Å². The third-order valence-electron chi connectivity index (χ3n) is 2.31. The minimum atomic E-state index is -0.654. The molecule has 0 aromatic rings. The number of ether oxygens (including phenoxy) is 2. The number of aldehydes is 1. The normalized spacial score (nSPS) is 14.1. The lowest BCUT2D eigenvalue weighted by Crippen LogP contribution is -2.48. The fraction of sp³-hybridized carbons (Fsp3) is 0.818. The highest BCUT2D eigenvalue weighted by molar-refractivity contribution is 5.77. The molecule has 6 nitrogen and oxygen atoms in total. The summed E-state index contributed by atoms with van der Waals surface area (Å²) >= 11 is 0. The largest absolute Gasteiger partial charge is 0.382 e. The van der Waals surface area contributed by atoms with E-state index >= 15 is 0 Å². The van der Waals surface area contributed by atoms with Crippen LogP contribution in [0.2, 0.25) is 0 Å². The standard InChI is InChI=1S/C11H22N2O4/c1-3-10(9(12)8-14)13-11(15)4-5-17-7-6-16-2/h8-10H,3-7,12H2,1-2H3,(H,13,15). The van der Waals surface area contributed by atoms with Gasteiger partial charge in [-0.2, -0.15) is 0 Å². The van der Waals surface area contributed by atoms with E-state index in [-0.39, 0.29) is 18.4 Å². The average Bonchev–Trinajstić information content (AvgIpc) is 2.34. The summed E-state index contributed by atoms with van der Waals surface area (Å²) in [5.74, 6) is -0.161. The summed E-state index contributed by atoms with van der Waals surface area (Å²) in [5, 5.41) is 2.70. The SMILES string of the molecule is CCC(NC(=O)CCOCCOC)C(N)C=O. The molecule has 0 aliphatic heterocycles. The van der Waals surface area contributed by atoms with E-state index in [1.807, 2.05) is 6.92 Å². The van der Waals surface area contributed by atoms with Crippen molar-refractivity contribution in [2.45, 2.75) is 31.8 Å². The molecular weight excluding hydrogens is 224 g/mol. The molecule has 100 valence electrons. The maximum absolute atomic E-state index is 11.5. The van der Waals surface area contributed by atoms with Gasteiger partial charge in [0, 0.05) is 13.5 Å². The maximum Gasteiger partial charge on any atom is 0.222 e. The van der Waals surface area contributed by atoms with Gasteiger partial charge in [-0.15, -0.1) is 0 Å². The maximum atomic E-state index is 11.5. The topological polar surface area (TPSA) is 90.7 Å². The van der Waals surface area contributed by atoms with Crippen LogP contribution in [0.3, 0.4) is 0 Å². The van der Waals surface area contributed by atoms with Crippen LogP contribution in [-0.4, -0.2) is 51.2 Å². The second kappa shape index (κ2) is 10.2. The van der Waals surface area contributed by atoms with Crippen molar-refractivity contribution >= 4 is 12.2 Å². The second-order valence-corrected chi connectivity index (χ2v) is 3.65. The first-order chi connectivity index (χ1) is 8.15. The Bertz CT molecular complexity index is 224. The van der Waals surface area contributed by atoms with E-state index in [9.17, 15) is 9.59 Å². The average molecular weight is 246 g/mol. The number of hydrogen-bond acceptors (Lipinski definition) is 5. The number of rotatable bonds is 10. The summed E-state index contributed by atoms with van der Waals surface area (Å²) in [7, 11) is 1.59. The highest BCUT2D eigenvalue weighted by atomic mass is 16.5. The highest BCUT2D eigenvalue weighted by Gasteiger charge is 2.17. The Morgan fingerprint density at radius 1 is 1.41 bits per heavy atom. The molecule has 0 spiro atoms. The molecule has 0 aromatic carbocycles. The van der Waals surface area contributed by atoms with Crippen molar-refractivity contribution in [1.82, 2.24) is 5.32 Å². The van der Waals surface area contributed by atoms with Gasteiger partial charge in [0.05, 0.1) is 31.9 Å². The Morgan fingerprint density at radius 3 is 2.65 bits per heavy atom. The van der Waals surface area contributed by atoms with Crippen LogP contribution in [0.5, 0.6) is 0 Å². The summed E-state index contributed by atoms with van der Waals surface area (Å²) in [6, 6.07) is -0.961. The van der Waals surface area contributed by atoms with Crippen LogP contribution >= 0.6 is 0 Å². The molecule has 1 amide bonds. The summed E-state index contributed by atoms with van der Waals surface area (Å²) in [5.41, 5.74) is 5.54. The summed E-state index contributed by atoms with van der Waals surface area (Å²) in [4.78, 5) is 22.0. The van der Waals surface area contributed by atoms with Crippen molar-refractivity contribution in [3.63, 3.8) is 0 Å². The van der Waals surface area contributed by atoms with Gasteiger partial charge in [-0.3, -0.25) is 4.79 Å². The molecule has 0 fully saturated rings. The number of nitrogens with one attached hydrogen (secondary N) is 1. The molecule has 0 saturated carbocycles. The lowest BCUT2D eigenvalue weighted by atomic mass is 10.1. The van der Waals surface area contributed by atoms with Gasteiger partial charge in [0.1, 0.15) is 6.29 Å². The number of hydrogen-bond donors (Lipinski definition) is 2. The Kier molecular flexibility index (Phi) is 9.60. The van der Waals surface area contributed by atoms with E-state index in [4.69, 9.17) is 15.2 Å². The third-order valence-corrected chi connectivity index (χ3v) is 2.31. The Balaban J connectivity index is 3.72. The Hall–Kier alpha value is -0.980. The van der Waals surface area contributed by atoms with Gasteiger partial charge in [0.2, 0.25) is 5.91 Å². The lowest BCUT2D eigenvalue weighted by molar-refractivity contribution is -0.123. The second-order valence-electron chi connectivity index (χ2n) is 3.65. The van der Waals surface area contributed by atoms with Crippen molar-refractivity contribution in [2.24, 2.45) is 5.73 Å². The van der Waals surface area contributed by atoms with Crippen LogP contribution in [-0.2, 0) is 19.1 Å². The zero-order valence-corrected chi connectivity index (χ0v) is 10.5. The van der Waals surface area contributed by atoms with Crippen molar-refractivity contribution < 1.29 is 19.1 Å². The Labute approximate surface area is 102 Å². The third kappa shape index (κ3) is 7.84. The quantitative estimate of drug-likeness (QED) is 0.399. The molecule has 0 aliphatic carbocycles. The Morgan fingerprint density at radius 2 is 2.12 bits per heavy atom. The van der Waals surface area contributed by atoms with E-state index in [1.165, 1.54) is 0 Å². The van der Waals surface area contributed by atoms with Crippen molar-refractivity contribution in [2.75, 3.05) is 26.9 Å². The molecule has 3 N–H and O–H groups in total. The first-order valence-corrected chi connectivity index (χ1v) is 5.72. The van der Waals surface area contributed by atoms with Crippen LogP contribution < -0.4 is 11.1 Å². The molecular formula is C11H22N2O4. The van der Waals surface area contributed by atoms with Gasteiger partial charge in [0.25, 0.3) is 0 Å². The molecule has 0 saturated heterocycles. The minimum absolute atomic E-state index is 0.161. The van der Waals surface area contributed by atoms with Crippen LogP contribution in [0.15, 0.2) is 0 Å². The van der Waals surface area contributed by atoms with Crippen molar-refractivity contribution in [3.8, 4) is 0 Å². The zero-order chi connectivity index (χ0) is 13.1. The molecule has 2 atom stereocenters. The zero-order valence-electron chi connectivity index (χ0n) is 10.5. The molecule has 2 unspecified atom stereocenters. The molecule has 17 heavy (non-hydrogen) atoms. The van der Waals surface area contributed by atoms with Gasteiger partial charge in [0.15, 0.2) is 0 Å². The van der Waals surface area contributed by atoms with Gasteiger partial charge in [-0.1, -0.05) is 6.92 Å².